The molecule has 27 heavy (non-hydrogen) atoms. The summed E-state index contributed by atoms with van der Waals surface area (Å²) in [5.74, 6) is 2.18. The fourth-order valence-corrected chi connectivity index (χ4v) is 3.37. The van der Waals surface area contributed by atoms with Crippen LogP contribution in [-0.2, 0) is 0 Å². The molecule has 1 aliphatic heterocycles. The summed E-state index contributed by atoms with van der Waals surface area (Å²) in [6.45, 7) is 5.36. The fourth-order valence-electron chi connectivity index (χ4n) is 3.19. The zero-order valence-electron chi connectivity index (χ0n) is 14.9. The molecule has 9 heteroatoms. The van der Waals surface area contributed by atoms with Crippen LogP contribution in [0.2, 0.25) is 5.15 Å². The molecule has 1 aromatic carbocycles. The molecule has 0 radical (unpaired) electrons. The number of anilines is 2. The van der Waals surface area contributed by atoms with E-state index in [2.05, 4.69) is 36.8 Å². The van der Waals surface area contributed by atoms with Gasteiger partial charge in [0.2, 0.25) is 17.7 Å². The van der Waals surface area contributed by atoms with Crippen molar-refractivity contribution in [3.8, 4) is 11.4 Å². The number of nitrogens with two attached hydrogens (primary N) is 1. The molecule has 1 unspecified atom stereocenters. The number of aromatic nitrogens is 4. The minimum Gasteiger partial charge on any atom is -0.368 e. The monoisotopic (exact) mass is 385 g/mol. The van der Waals surface area contributed by atoms with Crippen LogP contribution < -0.4 is 10.6 Å². The molecule has 140 valence electrons. The summed E-state index contributed by atoms with van der Waals surface area (Å²) in [5, 5.41) is 4.47. The zero-order valence-corrected chi connectivity index (χ0v) is 15.7. The zero-order chi connectivity index (χ0) is 18.8. The van der Waals surface area contributed by atoms with E-state index in [4.69, 9.17) is 21.9 Å². The average Bonchev–Trinajstić information content (AvgIpc) is 3.18. The molecule has 0 amide bonds. The molecule has 3 aromatic rings. The van der Waals surface area contributed by atoms with Gasteiger partial charge in [-0.2, -0.15) is 9.97 Å². The van der Waals surface area contributed by atoms with Gasteiger partial charge in [-0.05, 0) is 6.92 Å². The Morgan fingerprint density at radius 2 is 1.81 bits per heavy atom. The van der Waals surface area contributed by atoms with Gasteiger partial charge in [-0.15, -0.1) is 0 Å². The number of halogens is 1. The minimum absolute atomic E-state index is 0.0381. The molecule has 1 aliphatic rings. The molecule has 0 spiro atoms. The Morgan fingerprint density at radius 3 is 2.52 bits per heavy atom. The number of nitrogen functional groups attached to an aromatic ring is 1. The maximum atomic E-state index is 5.99. The lowest BCUT2D eigenvalue weighted by Gasteiger charge is -2.37. The van der Waals surface area contributed by atoms with Crippen molar-refractivity contribution in [2.45, 2.75) is 13.0 Å². The Balaban J connectivity index is 1.41. The summed E-state index contributed by atoms with van der Waals surface area (Å²) in [7, 11) is 0. The van der Waals surface area contributed by atoms with E-state index in [1.54, 1.807) is 6.07 Å². The summed E-state index contributed by atoms with van der Waals surface area (Å²) in [6, 6.07) is 11.6. The Bertz CT molecular complexity index is 889. The first-order chi connectivity index (χ1) is 13.1. The molecule has 3 heterocycles. The molecule has 0 saturated carbocycles. The van der Waals surface area contributed by atoms with Crippen LogP contribution in [-0.4, -0.2) is 51.2 Å². The lowest BCUT2D eigenvalue weighted by molar-refractivity contribution is 0.164. The number of hydrogen-bond donors (Lipinski definition) is 1. The topological polar surface area (TPSA) is 97.2 Å². The van der Waals surface area contributed by atoms with E-state index in [-0.39, 0.29) is 12.0 Å². The van der Waals surface area contributed by atoms with Crippen molar-refractivity contribution < 1.29 is 4.52 Å². The summed E-state index contributed by atoms with van der Waals surface area (Å²) in [6.07, 6.45) is 0. The third-order valence-electron chi connectivity index (χ3n) is 4.72. The second kappa shape index (κ2) is 7.50. The molecule has 2 aromatic heterocycles. The molecular weight excluding hydrogens is 366 g/mol. The van der Waals surface area contributed by atoms with Gasteiger partial charge in [-0.3, -0.25) is 4.90 Å². The first-order valence-electron chi connectivity index (χ1n) is 8.78. The molecule has 1 saturated heterocycles. The van der Waals surface area contributed by atoms with Crippen molar-refractivity contribution in [3.63, 3.8) is 0 Å². The second-order valence-corrected chi connectivity index (χ2v) is 6.82. The highest BCUT2D eigenvalue weighted by Gasteiger charge is 2.26. The van der Waals surface area contributed by atoms with Gasteiger partial charge in [-0.1, -0.05) is 47.1 Å². The van der Waals surface area contributed by atoms with Crippen molar-refractivity contribution in [2.75, 3.05) is 36.8 Å². The number of piperazine rings is 1. The molecule has 2 N–H and O–H groups in total. The van der Waals surface area contributed by atoms with Gasteiger partial charge in [-0.25, -0.2) is 4.98 Å². The maximum absolute atomic E-state index is 5.99. The lowest BCUT2D eigenvalue weighted by Crippen LogP contribution is -2.47. The predicted molar refractivity (Wildman–Crippen MR) is 103 cm³/mol. The smallest absolute Gasteiger partial charge is 0.244 e. The van der Waals surface area contributed by atoms with Gasteiger partial charge >= 0.3 is 0 Å². The van der Waals surface area contributed by atoms with Crippen molar-refractivity contribution in [2.24, 2.45) is 0 Å². The van der Waals surface area contributed by atoms with Gasteiger partial charge in [0.15, 0.2) is 0 Å². The summed E-state index contributed by atoms with van der Waals surface area (Å²) < 4.78 is 5.51. The van der Waals surface area contributed by atoms with Gasteiger partial charge in [0.25, 0.3) is 0 Å². The Kier molecular flexibility index (Phi) is 4.91. The first-order valence-corrected chi connectivity index (χ1v) is 9.16. The molecule has 0 bridgehead atoms. The van der Waals surface area contributed by atoms with Crippen LogP contribution >= 0.6 is 11.6 Å². The van der Waals surface area contributed by atoms with Crippen LogP contribution in [0.25, 0.3) is 11.4 Å². The summed E-state index contributed by atoms with van der Waals surface area (Å²) >= 11 is 5.99. The number of rotatable bonds is 4. The first kappa shape index (κ1) is 17.7. The van der Waals surface area contributed by atoms with E-state index < -0.39 is 0 Å². The van der Waals surface area contributed by atoms with Crippen LogP contribution in [0.1, 0.15) is 18.9 Å². The normalized spacial score (nSPS) is 16.4. The largest absolute Gasteiger partial charge is 0.368 e. The summed E-state index contributed by atoms with van der Waals surface area (Å²) in [4.78, 5) is 17.2. The van der Waals surface area contributed by atoms with E-state index in [9.17, 15) is 0 Å². The van der Waals surface area contributed by atoms with E-state index >= 15 is 0 Å². The molecule has 4 rings (SSSR count). The molecular formula is C18H20ClN7O. The Morgan fingerprint density at radius 1 is 1.07 bits per heavy atom. The molecule has 1 fully saturated rings. The van der Waals surface area contributed by atoms with Crippen LogP contribution in [0, 0.1) is 0 Å². The number of nitrogens with zero attached hydrogens (tertiary/aromatic N) is 6. The van der Waals surface area contributed by atoms with Crippen LogP contribution in [0.15, 0.2) is 40.9 Å². The van der Waals surface area contributed by atoms with Gasteiger partial charge in [0.05, 0.1) is 6.04 Å². The van der Waals surface area contributed by atoms with E-state index in [0.717, 1.165) is 37.6 Å². The molecule has 1 atom stereocenters. The summed E-state index contributed by atoms with van der Waals surface area (Å²) in [5.41, 5.74) is 6.64. The third kappa shape index (κ3) is 3.86. The highest BCUT2D eigenvalue weighted by molar-refractivity contribution is 6.29. The molecule has 0 aliphatic carbocycles. The Labute approximate surface area is 162 Å². The highest BCUT2D eigenvalue weighted by atomic mass is 35.5. The predicted octanol–water partition coefficient (Wildman–Crippen LogP) is 2.65. The standard InChI is InChI=1S/C18H20ClN7O/c1-12(17-23-16(24-27-17)13-5-3-2-4-6-13)25-7-9-26(10-8-25)15-11-14(19)21-18(20)22-15/h2-6,11-12H,7-10H2,1H3,(H2,20,21,22). The van der Waals surface area contributed by atoms with E-state index in [1.165, 1.54) is 0 Å². The maximum Gasteiger partial charge on any atom is 0.244 e. The number of benzene rings is 1. The second-order valence-electron chi connectivity index (χ2n) is 6.43. The van der Waals surface area contributed by atoms with E-state index in [0.29, 0.717) is 16.9 Å². The van der Waals surface area contributed by atoms with Crippen molar-refractivity contribution >= 4 is 23.4 Å². The Hall–Kier alpha value is -2.71. The van der Waals surface area contributed by atoms with Crippen LogP contribution in [0.3, 0.4) is 0 Å². The lowest BCUT2D eigenvalue weighted by atomic mass is 10.2. The van der Waals surface area contributed by atoms with Crippen molar-refractivity contribution in [1.29, 1.82) is 0 Å². The van der Waals surface area contributed by atoms with Crippen LogP contribution in [0.4, 0.5) is 11.8 Å². The van der Waals surface area contributed by atoms with Crippen molar-refractivity contribution in [1.82, 2.24) is 25.0 Å². The van der Waals surface area contributed by atoms with E-state index in [1.807, 2.05) is 30.3 Å². The molecule has 8 nitrogen and oxygen atoms in total. The van der Waals surface area contributed by atoms with Gasteiger partial charge in [0.1, 0.15) is 11.0 Å². The highest BCUT2D eigenvalue weighted by Crippen LogP contribution is 2.25. The van der Waals surface area contributed by atoms with Crippen LogP contribution in [0.5, 0.6) is 0 Å². The SMILES string of the molecule is CC(c1nc(-c2ccccc2)no1)N1CCN(c2cc(Cl)nc(N)n2)CC1. The quantitative estimate of drug-likeness (QED) is 0.684. The van der Waals surface area contributed by atoms with Gasteiger partial charge in [0, 0.05) is 37.8 Å². The fraction of sp³-hybridized carbons (Fsp3) is 0.333. The van der Waals surface area contributed by atoms with Gasteiger partial charge < -0.3 is 15.2 Å². The average molecular weight is 386 g/mol. The third-order valence-corrected chi connectivity index (χ3v) is 4.91. The number of hydrogen-bond acceptors (Lipinski definition) is 8. The van der Waals surface area contributed by atoms with Crippen molar-refractivity contribution in [3.05, 3.63) is 47.4 Å². The minimum atomic E-state index is 0.0381.